The average Bonchev–Trinajstić information content (AvgIpc) is 2.84. The van der Waals surface area contributed by atoms with Gasteiger partial charge in [0.05, 0.1) is 11.7 Å². The molecule has 1 unspecified atom stereocenters. The van der Waals surface area contributed by atoms with E-state index in [4.69, 9.17) is 23.2 Å². The number of benzene rings is 1. The van der Waals surface area contributed by atoms with E-state index in [2.05, 4.69) is 30.5 Å². The molecule has 1 aromatic heterocycles. The van der Waals surface area contributed by atoms with Gasteiger partial charge >= 0.3 is 0 Å². The predicted octanol–water partition coefficient (Wildman–Crippen LogP) is 4.38. The molecule has 0 saturated heterocycles. The van der Waals surface area contributed by atoms with Crippen molar-refractivity contribution in [1.29, 1.82) is 0 Å². The van der Waals surface area contributed by atoms with Crippen LogP contribution < -0.4 is 5.32 Å². The zero-order valence-corrected chi connectivity index (χ0v) is 14.2. The van der Waals surface area contributed by atoms with Crippen molar-refractivity contribution in [2.75, 3.05) is 6.54 Å². The number of hydrogen-bond acceptors (Lipinski definition) is 2. The monoisotopic (exact) mass is 325 g/mol. The van der Waals surface area contributed by atoms with Crippen molar-refractivity contribution < 1.29 is 0 Å². The van der Waals surface area contributed by atoms with Crippen molar-refractivity contribution in [2.45, 2.75) is 32.7 Å². The van der Waals surface area contributed by atoms with Crippen molar-refractivity contribution in [3.8, 4) is 0 Å². The van der Waals surface area contributed by atoms with E-state index in [1.165, 1.54) is 0 Å². The summed E-state index contributed by atoms with van der Waals surface area (Å²) < 4.78 is 1.85. The number of nitrogens with zero attached hydrogens (tertiary/aromatic N) is 2. The van der Waals surface area contributed by atoms with Crippen LogP contribution in [0.25, 0.3) is 0 Å². The quantitative estimate of drug-likeness (QED) is 0.854. The maximum atomic E-state index is 6.40. The zero-order chi connectivity index (χ0) is 15.4. The molecule has 0 radical (unpaired) electrons. The second-order valence-corrected chi connectivity index (χ2v) is 5.95. The first kappa shape index (κ1) is 16.3. The molecule has 0 saturated carbocycles. The highest BCUT2D eigenvalue weighted by Gasteiger charge is 2.21. The van der Waals surface area contributed by atoms with Crippen molar-refractivity contribution in [3.63, 3.8) is 0 Å². The fourth-order valence-electron chi connectivity index (χ4n) is 2.48. The third kappa shape index (κ3) is 3.79. The van der Waals surface area contributed by atoms with Gasteiger partial charge in [-0.05, 0) is 43.1 Å². The SMILES string of the molecule is CCCNC(c1cc(Cl)ccc1Cl)c1cn(C)nc1CC. The molecule has 0 aliphatic rings. The van der Waals surface area contributed by atoms with Crippen LogP contribution in [0, 0.1) is 0 Å². The van der Waals surface area contributed by atoms with E-state index in [1.54, 1.807) is 0 Å². The molecule has 0 aliphatic carbocycles. The van der Waals surface area contributed by atoms with Gasteiger partial charge in [-0.1, -0.05) is 37.0 Å². The first-order chi connectivity index (χ1) is 10.1. The Morgan fingerprint density at radius 2 is 2.00 bits per heavy atom. The van der Waals surface area contributed by atoms with Crippen LogP contribution in [0.1, 0.15) is 43.1 Å². The molecule has 2 rings (SSSR count). The van der Waals surface area contributed by atoms with Crippen LogP contribution in [0.3, 0.4) is 0 Å². The maximum absolute atomic E-state index is 6.40. The molecular formula is C16H21Cl2N3. The Balaban J connectivity index is 2.49. The molecule has 3 nitrogen and oxygen atoms in total. The highest BCUT2D eigenvalue weighted by Crippen LogP contribution is 2.32. The molecule has 21 heavy (non-hydrogen) atoms. The van der Waals surface area contributed by atoms with Crippen LogP contribution in [0.5, 0.6) is 0 Å². The minimum absolute atomic E-state index is 0.0137. The van der Waals surface area contributed by atoms with Crippen molar-refractivity contribution in [2.24, 2.45) is 7.05 Å². The number of nitrogens with one attached hydrogen (secondary N) is 1. The summed E-state index contributed by atoms with van der Waals surface area (Å²) in [5.41, 5.74) is 3.25. The summed E-state index contributed by atoms with van der Waals surface area (Å²) in [7, 11) is 1.94. The second kappa shape index (κ2) is 7.30. The fraction of sp³-hybridized carbons (Fsp3) is 0.438. The minimum atomic E-state index is 0.0137. The smallest absolute Gasteiger partial charge is 0.0673 e. The van der Waals surface area contributed by atoms with Crippen LogP contribution in [-0.4, -0.2) is 16.3 Å². The molecule has 0 spiro atoms. The predicted molar refractivity (Wildman–Crippen MR) is 89.2 cm³/mol. The molecule has 1 N–H and O–H groups in total. The molecule has 1 aromatic carbocycles. The fourth-order valence-corrected chi connectivity index (χ4v) is 2.89. The first-order valence-electron chi connectivity index (χ1n) is 7.27. The Labute approximate surface area is 136 Å². The van der Waals surface area contributed by atoms with Crippen LogP contribution in [-0.2, 0) is 13.5 Å². The first-order valence-corrected chi connectivity index (χ1v) is 8.03. The van der Waals surface area contributed by atoms with Crippen LogP contribution in [0.15, 0.2) is 24.4 Å². The van der Waals surface area contributed by atoms with Gasteiger partial charge in [-0.15, -0.1) is 0 Å². The summed E-state index contributed by atoms with van der Waals surface area (Å²) in [4.78, 5) is 0. The largest absolute Gasteiger partial charge is 0.306 e. The van der Waals surface area contributed by atoms with E-state index in [0.29, 0.717) is 5.02 Å². The summed E-state index contributed by atoms with van der Waals surface area (Å²) in [6, 6.07) is 5.61. The van der Waals surface area contributed by atoms with Gasteiger partial charge in [0.25, 0.3) is 0 Å². The maximum Gasteiger partial charge on any atom is 0.0673 e. The topological polar surface area (TPSA) is 29.9 Å². The van der Waals surface area contributed by atoms with E-state index in [1.807, 2.05) is 29.9 Å². The van der Waals surface area contributed by atoms with Gasteiger partial charge in [-0.2, -0.15) is 5.10 Å². The lowest BCUT2D eigenvalue weighted by Crippen LogP contribution is -2.24. The van der Waals surface area contributed by atoms with Gasteiger partial charge in [0.15, 0.2) is 0 Å². The Kier molecular flexibility index (Phi) is 5.68. The van der Waals surface area contributed by atoms with Gasteiger partial charge in [0, 0.05) is 28.9 Å². The van der Waals surface area contributed by atoms with E-state index in [-0.39, 0.29) is 6.04 Å². The normalized spacial score (nSPS) is 12.6. The summed E-state index contributed by atoms with van der Waals surface area (Å²) in [5.74, 6) is 0. The van der Waals surface area contributed by atoms with Gasteiger partial charge in [-0.25, -0.2) is 0 Å². The lowest BCUT2D eigenvalue weighted by molar-refractivity contribution is 0.594. The summed E-state index contributed by atoms with van der Waals surface area (Å²) in [5, 5.41) is 9.51. The molecule has 2 aromatic rings. The van der Waals surface area contributed by atoms with Crippen molar-refractivity contribution >= 4 is 23.2 Å². The Morgan fingerprint density at radius 3 is 2.67 bits per heavy atom. The highest BCUT2D eigenvalue weighted by atomic mass is 35.5. The Bertz CT molecular complexity index is 608. The summed E-state index contributed by atoms with van der Waals surface area (Å²) >= 11 is 12.6. The third-order valence-electron chi connectivity index (χ3n) is 3.45. The average molecular weight is 326 g/mol. The molecule has 114 valence electrons. The molecule has 1 atom stereocenters. The van der Waals surface area contributed by atoms with E-state index in [9.17, 15) is 0 Å². The number of aromatic nitrogens is 2. The van der Waals surface area contributed by atoms with Crippen LogP contribution in [0.2, 0.25) is 10.0 Å². The lowest BCUT2D eigenvalue weighted by atomic mass is 9.98. The summed E-state index contributed by atoms with van der Waals surface area (Å²) in [6.07, 6.45) is 4.00. The minimum Gasteiger partial charge on any atom is -0.306 e. The van der Waals surface area contributed by atoms with E-state index in [0.717, 1.165) is 41.2 Å². The molecule has 0 amide bonds. The Hall–Kier alpha value is -1.03. The van der Waals surface area contributed by atoms with Gasteiger partial charge < -0.3 is 5.32 Å². The number of halogens is 2. The van der Waals surface area contributed by atoms with Gasteiger partial charge in [0.1, 0.15) is 0 Å². The molecular weight excluding hydrogens is 305 g/mol. The highest BCUT2D eigenvalue weighted by molar-refractivity contribution is 6.33. The van der Waals surface area contributed by atoms with Crippen LogP contribution in [0.4, 0.5) is 0 Å². The lowest BCUT2D eigenvalue weighted by Gasteiger charge is -2.20. The zero-order valence-electron chi connectivity index (χ0n) is 12.7. The number of rotatable bonds is 6. The molecule has 0 fully saturated rings. The second-order valence-electron chi connectivity index (χ2n) is 5.11. The van der Waals surface area contributed by atoms with E-state index >= 15 is 0 Å². The van der Waals surface area contributed by atoms with Crippen molar-refractivity contribution in [1.82, 2.24) is 15.1 Å². The number of hydrogen-bond donors (Lipinski definition) is 1. The van der Waals surface area contributed by atoms with E-state index < -0.39 is 0 Å². The van der Waals surface area contributed by atoms with Gasteiger partial charge in [-0.3, -0.25) is 4.68 Å². The Morgan fingerprint density at radius 1 is 1.24 bits per heavy atom. The van der Waals surface area contributed by atoms with Gasteiger partial charge in [0.2, 0.25) is 0 Å². The molecule has 0 bridgehead atoms. The standard InChI is InChI=1S/C16H21Cl2N3/c1-4-8-19-16(12-9-11(17)6-7-14(12)18)13-10-21(3)20-15(13)5-2/h6-7,9-10,16,19H,4-5,8H2,1-3H3. The molecule has 0 aliphatic heterocycles. The molecule has 5 heteroatoms. The van der Waals surface area contributed by atoms with Crippen molar-refractivity contribution in [3.05, 3.63) is 51.3 Å². The summed E-state index contributed by atoms with van der Waals surface area (Å²) in [6.45, 7) is 5.17. The third-order valence-corrected chi connectivity index (χ3v) is 4.03. The number of aryl methyl sites for hydroxylation is 2. The van der Waals surface area contributed by atoms with Crippen LogP contribution >= 0.6 is 23.2 Å². The molecule has 1 heterocycles.